The quantitative estimate of drug-likeness (QED) is 0.233. The monoisotopic (exact) mass is 641 g/mol. The highest BCUT2D eigenvalue weighted by atomic mass is 35.5. The average Bonchev–Trinajstić information content (AvgIpc) is 2.89. The van der Waals surface area contributed by atoms with E-state index in [9.17, 15) is 36.8 Å². The number of aromatic amines is 1. The van der Waals surface area contributed by atoms with Gasteiger partial charge in [0.15, 0.2) is 0 Å². The van der Waals surface area contributed by atoms with Crippen LogP contribution in [0.4, 0.5) is 13.2 Å². The van der Waals surface area contributed by atoms with Crippen molar-refractivity contribution in [1.82, 2.24) is 9.29 Å². The molecule has 41 heavy (non-hydrogen) atoms. The molecule has 0 unspecified atom stereocenters. The van der Waals surface area contributed by atoms with Crippen molar-refractivity contribution in [3.8, 4) is 34.2 Å². The first-order valence-electron chi connectivity index (χ1n) is 11.4. The number of nitrogens with zero attached hydrogens (tertiary/aromatic N) is 2. The van der Waals surface area contributed by atoms with E-state index in [-0.39, 0.29) is 54.5 Å². The third-order valence-electron chi connectivity index (χ3n) is 6.09. The summed E-state index contributed by atoms with van der Waals surface area (Å²) < 4.78 is 67.4. The first-order valence-corrected chi connectivity index (χ1v) is 14.0. The number of aromatic hydroxyl groups is 1. The largest absolute Gasteiger partial charge is 0.507 e. The number of aromatic nitrogens is 1. The normalized spacial score (nSPS) is 12.0. The number of phenols is 1. The van der Waals surface area contributed by atoms with Crippen LogP contribution >= 0.6 is 34.8 Å². The molecule has 0 atom stereocenters. The predicted molar refractivity (Wildman–Crippen MR) is 149 cm³/mol. The zero-order chi connectivity index (χ0) is 30.3. The highest BCUT2D eigenvalue weighted by Gasteiger charge is 2.32. The number of hydrogen-bond donors (Lipinski definition) is 2. The van der Waals surface area contributed by atoms with Gasteiger partial charge in [-0.3, -0.25) is 4.79 Å². The smallest absolute Gasteiger partial charge is 0.416 e. The van der Waals surface area contributed by atoms with Crippen molar-refractivity contribution >= 4 is 44.8 Å². The second-order valence-electron chi connectivity index (χ2n) is 8.76. The van der Waals surface area contributed by atoms with Gasteiger partial charge in [-0.2, -0.15) is 22.7 Å². The lowest BCUT2D eigenvalue weighted by Crippen LogP contribution is -2.26. The summed E-state index contributed by atoms with van der Waals surface area (Å²) >= 11 is 18.5. The van der Waals surface area contributed by atoms with Crippen molar-refractivity contribution in [1.29, 1.82) is 5.26 Å². The van der Waals surface area contributed by atoms with Gasteiger partial charge in [0.2, 0.25) is 10.0 Å². The molecule has 1 heterocycles. The number of phenolic OH excluding ortho intramolecular Hbond substituents is 1. The number of nitriles is 1. The van der Waals surface area contributed by atoms with Crippen LogP contribution in [0, 0.1) is 11.3 Å². The summed E-state index contributed by atoms with van der Waals surface area (Å²) in [6, 6.07) is 13.7. The van der Waals surface area contributed by atoms with Gasteiger partial charge in [0.25, 0.3) is 5.56 Å². The van der Waals surface area contributed by atoms with Crippen LogP contribution in [0.2, 0.25) is 15.1 Å². The van der Waals surface area contributed by atoms with Gasteiger partial charge < -0.3 is 10.1 Å². The van der Waals surface area contributed by atoms with Crippen LogP contribution in [0.25, 0.3) is 22.4 Å². The fourth-order valence-electron chi connectivity index (χ4n) is 4.06. The second kappa shape index (κ2) is 11.4. The molecular weight excluding hydrogens is 626 g/mol. The van der Waals surface area contributed by atoms with E-state index in [4.69, 9.17) is 34.8 Å². The number of nitrogens with one attached hydrogen (secondary N) is 1. The molecule has 0 saturated heterocycles. The maximum Gasteiger partial charge on any atom is 0.416 e. The molecule has 3 aromatic carbocycles. The molecule has 0 aliphatic rings. The fraction of sp³-hybridized carbons (Fsp3) is 0.111. The Morgan fingerprint density at radius 2 is 1.66 bits per heavy atom. The van der Waals surface area contributed by atoms with E-state index in [0.29, 0.717) is 6.07 Å². The zero-order valence-corrected chi connectivity index (χ0v) is 23.8. The maximum atomic E-state index is 13.4. The molecule has 1 aromatic heterocycles. The first-order chi connectivity index (χ1) is 19.1. The van der Waals surface area contributed by atoms with E-state index in [2.05, 4.69) is 4.98 Å². The highest BCUT2D eigenvalue weighted by Crippen LogP contribution is 2.40. The second-order valence-corrected chi connectivity index (χ2v) is 12.0. The predicted octanol–water partition coefficient (Wildman–Crippen LogP) is 7.09. The Labute approximate surface area is 247 Å². The SMILES string of the molecule is CN(Cc1cc(Cl)cc(-c2cc(-c3cc(C(F)(F)F)ccc3Cl)c(C#N)c(=O)[nH]2)c1O)S(=O)(=O)c1ccccc1Cl. The van der Waals surface area contributed by atoms with Gasteiger partial charge in [-0.05, 0) is 48.5 Å². The Bertz CT molecular complexity index is 1890. The van der Waals surface area contributed by atoms with E-state index < -0.39 is 38.6 Å². The number of halogens is 6. The van der Waals surface area contributed by atoms with Crippen molar-refractivity contribution < 1.29 is 26.7 Å². The molecule has 0 radical (unpaired) electrons. The molecule has 0 fully saturated rings. The van der Waals surface area contributed by atoms with Crippen LogP contribution in [0.3, 0.4) is 0 Å². The molecule has 0 bridgehead atoms. The third kappa shape index (κ3) is 6.07. The molecule has 0 aliphatic heterocycles. The van der Waals surface area contributed by atoms with Crippen molar-refractivity contribution in [3.05, 3.63) is 103 Å². The molecule has 0 amide bonds. The molecule has 0 spiro atoms. The van der Waals surface area contributed by atoms with Gasteiger partial charge in [-0.15, -0.1) is 0 Å². The van der Waals surface area contributed by atoms with Gasteiger partial charge in [0.05, 0.1) is 16.3 Å². The Balaban J connectivity index is 1.85. The Morgan fingerprint density at radius 1 is 0.976 bits per heavy atom. The molecule has 0 aliphatic carbocycles. The van der Waals surface area contributed by atoms with Crippen molar-refractivity contribution in [2.24, 2.45) is 0 Å². The van der Waals surface area contributed by atoms with E-state index in [1.165, 1.54) is 43.4 Å². The number of pyridine rings is 1. The van der Waals surface area contributed by atoms with Crippen LogP contribution in [0.5, 0.6) is 5.75 Å². The third-order valence-corrected chi connectivity index (χ3v) is 8.94. The Kier molecular flexibility index (Phi) is 8.45. The summed E-state index contributed by atoms with van der Waals surface area (Å²) in [5.74, 6) is -0.475. The van der Waals surface area contributed by atoms with Crippen LogP contribution in [-0.2, 0) is 22.7 Å². The van der Waals surface area contributed by atoms with E-state index >= 15 is 0 Å². The lowest BCUT2D eigenvalue weighted by atomic mass is 9.96. The van der Waals surface area contributed by atoms with Crippen LogP contribution in [-0.4, -0.2) is 29.9 Å². The summed E-state index contributed by atoms with van der Waals surface area (Å²) in [5.41, 5.74) is -3.15. The van der Waals surface area contributed by atoms with E-state index in [1.54, 1.807) is 12.1 Å². The molecule has 4 aromatic rings. The summed E-state index contributed by atoms with van der Waals surface area (Å²) in [7, 11) is -2.85. The zero-order valence-electron chi connectivity index (χ0n) is 20.7. The first kappa shape index (κ1) is 30.4. The summed E-state index contributed by atoms with van der Waals surface area (Å²) in [5, 5.41) is 20.6. The summed E-state index contributed by atoms with van der Waals surface area (Å²) in [4.78, 5) is 15.1. The summed E-state index contributed by atoms with van der Waals surface area (Å²) in [6.07, 6.45) is -4.73. The number of alkyl halides is 3. The lowest BCUT2D eigenvalue weighted by Gasteiger charge is -2.20. The van der Waals surface area contributed by atoms with Crippen LogP contribution in [0.15, 0.2) is 70.4 Å². The van der Waals surface area contributed by atoms with Gasteiger partial charge >= 0.3 is 6.18 Å². The van der Waals surface area contributed by atoms with Crippen molar-refractivity contribution in [2.45, 2.75) is 17.6 Å². The molecule has 14 heteroatoms. The molecule has 212 valence electrons. The molecule has 0 saturated carbocycles. The van der Waals surface area contributed by atoms with E-state index in [1.807, 2.05) is 0 Å². The Morgan fingerprint density at radius 3 is 2.29 bits per heavy atom. The molecule has 7 nitrogen and oxygen atoms in total. The minimum Gasteiger partial charge on any atom is -0.507 e. The topological polar surface area (TPSA) is 114 Å². The van der Waals surface area contributed by atoms with Gasteiger partial charge in [-0.25, -0.2) is 8.42 Å². The fourth-order valence-corrected chi connectivity index (χ4v) is 6.16. The Hall–Kier alpha value is -3.53. The maximum absolute atomic E-state index is 13.4. The number of benzene rings is 3. The minimum atomic E-state index is -4.73. The number of sulfonamides is 1. The van der Waals surface area contributed by atoms with Crippen LogP contribution in [0.1, 0.15) is 16.7 Å². The number of rotatable bonds is 6. The molecule has 4 rings (SSSR count). The van der Waals surface area contributed by atoms with Crippen molar-refractivity contribution in [2.75, 3.05) is 7.05 Å². The van der Waals surface area contributed by atoms with Gasteiger partial charge in [0, 0.05) is 45.9 Å². The number of H-pyrrole nitrogens is 1. The van der Waals surface area contributed by atoms with Gasteiger partial charge in [-0.1, -0.05) is 46.9 Å². The highest BCUT2D eigenvalue weighted by molar-refractivity contribution is 7.89. The summed E-state index contributed by atoms with van der Waals surface area (Å²) in [6.45, 7) is -0.375. The number of hydrogen-bond acceptors (Lipinski definition) is 5. The van der Waals surface area contributed by atoms with Crippen molar-refractivity contribution in [3.63, 3.8) is 0 Å². The average molecular weight is 643 g/mol. The standard InChI is InChI=1S/C27H17Cl3F3N3O4S/c1-36(41(39,40)24-5-3-2-4-22(24)30)13-14-8-16(28)10-19(25(14)37)23-11-17(20(12-34)26(38)35-23)18-9-15(27(31,32)33)6-7-21(18)29/h2-11,37H,13H2,1H3,(H,35,38). The van der Waals surface area contributed by atoms with E-state index in [0.717, 1.165) is 16.4 Å². The molecule has 2 N–H and O–H groups in total. The van der Waals surface area contributed by atoms with Gasteiger partial charge in [0.1, 0.15) is 22.3 Å². The minimum absolute atomic E-state index is 0.00806. The lowest BCUT2D eigenvalue weighted by molar-refractivity contribution is -0.137. The van der Waals surface area contributed by atoms with Crippen LogP contribution < -0.4 is 5.56 Å². The molecular formula is C27H17Cl3F3N3O4S.